The molecule has 2 rings (SSSR count). The Morgan fingerprint density at radius 3 is 2.70 bits per heavy atom. The number of anilines is 2. The van der Waals surface area contributed by atoms with E-state index in [1.165, 1.54) is 19.8 Å². The van der Waals surface area contributed by atoms with Crippen LogP contribution in [-0.2, 0) is 9.53 Å². The Morgan fingerprint density at radius 2 is 2.09 bits per heavy atom. The summed E-state index contributed by atoms with van der Waals surface area (Å²) >= 11 is 0. The topological polar surface area (TPSA) is 61.9 Å². The van der Waals surface area contributed by atoms with Crippen molar-refractivity contribution in [1.82, 2.24) is 4.90 Å². The lowest BCUT2D eigenvalue weighted by Gasteiger charge is -2.23. The maximum Gasteiger partial charge on any atom is 0.321 e. The lowest BCUT2D eigenvalue weighted by Crippen LogP contribution is -2.38. The summed E-state index contributed by atoms with van der Waals surface area (Å²) in [5.41, 5.74) is 1.43. The monoisotopic (exact) mass is 319 g/mol. The molecule has 0 aromatic heterocycles. The molecule has 1 aromatic rings. The van der Waals surface area contributed by atoms with Gasteiger partial charge in [-0.2, -0.15) is 0 Å². The first-order valence-electron chi connectivity index (χ1n) is 7.90. The Bertz CT molecular complexity index is 558. The van der Waals surface area contributed by atoms with E-state index in [0.717, 1.165) is 12.2 Å². The van der Waals surface area contributed by atoms with Gasteiger partial charge in [-0.1, -0.05) is 6.07 Å². The van der Waals surface area contributed by atoms with Crippen LogP contribution in [0.1, 0.15) is 19.8 Å². The molecule has 23 heavy (non-hydrogen) atoms. The molecule has 1 fully saturated rings. The van der Waals surface area contributed by atoms with Gasteiger partial charge < -0.3 is 19.9 Å². The van der Waals surface area contributed by atoms with Gasteiger partial charge in [0.2, 0.25) is 5.91 Å². The van der Waals surface area contributed by atoms with E-state index in [1.807, 2.05) is 18.2 Å². The van der Waals surface area contributed by atoms with Gasteiger partial charge in [-0.15, -0.1) is 0 Å². The largest absolute Gasteiger partial charge is 0.383 e. The number of nitrogens with zero attached hydrogens (tertiary/aromatic N) is 2. The summed E-state index contributed by atoms with van der Waals surface area (Å²) in [6.07, 6.45) is 2.38. The van der Waals surface area contributed by atoms with E-state index in [9.17, 15) is 9.59 Å². The zero-order valence-electron chi connectivity index (χ0n) is 14.0. The third kappa shape index (κ3) is 5.25. The van der Waals surface area contributed by atoms with Crippen molar-refractivity contribution in [3.05, 3.63) is 24.3 Å². The average molecular weight is 319 g/mol. The summed E-state index contributed by atoms with van der Waals surface area (Å²) < 4.78 is 5.09. The fraction of sp³-hybridized carbons (Fsp3) is 0.529. The first kappa shape index (κ1) is 17.3. The summed E-state index contributed by atoms with van der Waals surface area (Å²) in [5.74, 6) is 0.566. The maximum absolute atomic E-state index is 12.5. The van der Waals surface area contributed by atoms with Crippen molar-refractivity contribution >= 4 is 23.3 Å². The summed E-state index contributed by atoms with van der Waals surface area (Å²) in [6.45, 7) is 3.37. The van der Waals surface area contributed by atoms with Gasteiger partial charge in [0.1, 0.15) is 0 Å². The summed E-state index contributed by atoms with van der Waals surface area (Å²) in [5, 5.41) is 2.91. The van der Waals surface area contributed by atoms with E-state index in [4.69, 9.17) is 4.74 Å². The predicted molar refractivity (Wildman–Crippen MR) is 90.7 cm³/mol. The molecule has 0 aliphatic heterocycles. The van der Waals surface area contributed by atoms with Crippen molar-refractivity contribution < 1.29 is 14.3 Å². The van der Waals surface area contributed by atoms with Crippen LogP contribution in [0, 0.1) is 5.92 Å². The molecule has 0 radical (unpaired) electrons. The standard InChI is InChI=1S/C17H25N3O3/c1-13(21)19(2)16-6-4-5-15(11-16)18-17(22)20(9-10-23-3)12-14-7-8-14/h4-6,11,14H,7-10,12H2,1-3H3,(H,18,22). The lowest BCUT2D eigenvalue weighted by molar-refractivity contribution is -0.116. The zero-order valence-corrected chi connectivity index (χ0v) is 14.0. The minimum Gasteiger partial charge on any atom is -0.383 e. The first-order chi connectivity index (χ1) is 11.0. The minimum absolute atomic E-state index is 0.0519. The van der Waals surface area contributed by atoms with Gasteiger partial charge in [-0.3, -0.25) is 4.79 Å². The number of ether oxygens (including phenoxy) is 1. The van der Waals surface area contributed by atoms with Gasteiger partial charge in [0.25, 0.3) is 0 Å². The van der Waals surface area contributed by atoms with E-state index in [-0.39, 0.29) is 11.9 Å². The van der Waals surface area contributed by atoms with Crippen molar-refractivity contribution in [2.75, 3.05) is 44.1 Å². The molecule has 0 unspecified atom stereocenters. The first-order valence-corrected chi connectivity index (χ1v) is 7.90. The highest BCUT2D eigenvalue weighted by Gasteiger charge is 2.26. The summed E-state index contributed by atoms with van der Waals surface area (Å²) in [7, 11) is 3.34. The van der Waals surface area contributed by atoms with Crippen LogP contribution in [0.15, 0.2) is 24.3 Å². The average Bonchev–Trinajstić information content (AvgIpc) is 3.34. The van der Waals surface area contributed by atoms with Gasteiger partial charge >= 0.3 is 6.03 Å². The Labute approximate surface area is 137 Å². The quantitative estimate of drug-likeness (QED) is 0.840. The number of urea groups is 1. The number of nitrogens with one attached hydrogen (secondary N) is 1. The molecule has 3 amide bonds. The van der Waals surface area contributed by atoms with Gasteiger partial charge in [-0.25, -0.2) is 4.79 Å². The van der Waals surface area contributed by atoms with Crippen LogP contribution < -0.4 is 10.2 Å². The van der Waals surface area contributed by atoms with Crippen LogP contribution in [0.4, 0.5) is 16.2 Å². The molecule has 6 heteroatoms. The fourth-order valence-corrected chi connectivity index (χ4v) is 2.27. The highest BCUT2D eigenvalue weighted by molar-refractivity contribution is 5.93. The molecule has 0 spiro atoms. The molecule has 1 aliphatic carbocycles. The lowest BCUT2D eigenvalue weighted by atomic mass is 10.2. The van der Waals surface area contributed by atoms with Crippen molar-refractivity contribution in [3.63, 3.8) is 0 Å². The van der Waals surface area contributed by atoms with Crippen molar-refractivity contribution in [2.24, 2.45) is 5.92 Å². The van der Waals surface area contributed by atoms with Gasteiger partial charge in [0.05, 0.1) is 6.61 Å². The number of benzene rings is 1. The van der Waals surface area contributed by atoms with Gasteiger partial charge in [0, 0.05) is 45.5 Å². The SMILES string of the molecule is COCCN(CC1CC1)C(=O)Nc1cccc(N(C)C(C)=O)c1. The molecule has 6 nitrogen and oxygen atoms in total. The molecule has 1 N–H and O–H groups in total. The third-order valence-electron chi connectivity index (χ3n) is 3.99. The molecular formula is C17H25N3O3. The van der Waals surface area contributed by atoms with Crippen LogP contribution in [0.5, 0.6) is 0 Å². The maximum atomic E-state index is 12.5. The summed E-state index contributed by atoms with van der Waals surface area (Å²) in [6, 6.07) is 7.15. The molecule has 1 aliphatic rings. The van der Waals surface area contributed by atoms with E-state index in [2.05, 4.69) is 5.32 Å². The second-order valence-corrected chi connectivity index (χ2v) is 5.94. The van der Waals surface area contributed by atoms with E-state index in [1.54, 1.807) is 30.0 Å². The van der Waals surface area contributed by atoms with E-state index >= 15 is 0 Å². The van der Waals surface area contributed by atoms with Crippen molar-refractivity contribution in [1.29, 1.82) is 0 Å². The Morgan fingerprint density at radius 1 is 1.35 bits per heavy atom. The molecule has 0 saturated heterocycles. The predicted octanol–water partition coefficient (Wildman–Crippen LogP) is 2.56. The Hall–Kier alpha value is -2.08. The van der Waals surface area contributed by atoms with Gasteiger partial charge in [-0.05, 0) is 37.0 Å². The number of methoxy groups -OCH3 is 1. The number of rotatable bonds is 7. The van der Waals surface area contributed by atoms with Crippen LogP contribution in [-0.4, -0.2) is 50.7 Å². The molecule has 126 valence electrons. The summed E-state index contributed by atoms with van der Waals surface area (Å²) in [4.78, 5) is 27.3. The highest BCUT2D eigenvalue weighted by atomic mass is 16.5. The minimum atomic E-state index is -0.128. The van der Waals surface area contributed by atoms with Crippen LogP contribution in [0.3, 0.4) is 0 Å². The molecule has 0 bridgehead atoms. The van der Waals surface area contributed by atoms with Crippen LogP contribution >= 0.6 is 0 Å². The molecule has 1 aromatic carbocycles. The van der Waals surface area contributed by atoms with Gasteiger partial charge in [0.15, 0.2) is 0 Å². The number of carbonyl (C=O) groups excluding carboxylic acids is 2. The van der Waals surface area contributed by atoms with E-state index in [0.29, 0.717) is 24.8 Å². The number of hydrogen-bond donors (Lipinski definition) is 1. The number of amides is 3. The highest BCUT2D eigenvalue weighted by Crippen LogP contribution is 2.30. The molecule has 0 atom stereocenters. The second kappa shape index (κ2) is 7.97. The zero-order chi connectivity index (χ0) is 16.8. The van der Waals surface area contributed by atoms with Crippen molar-refractivity contribution in [2.45, 2.75) is 19.8 Å². The fourth-order valence-electron chi connectivity index (χ4n) is 2.27. The molecule has 0 heterocycles. The molecular weight excluding hydrogens is 294 g/mol. The Balaban J connectivity index is 2.01. The van der Waals surface area contributed by atoms with E-state index < -0.39 is 0 Å². The van der Waals surface area contributed by atoms with Crippen LogP contribution in [0.25, 0.3) is 0 Å². The normalized spacial score (nSPS) is 13.5. The number of carbonyl (C=O) groups is 2. The third-order valence-corrected chi connectivity index (χ3v) is 3.99. The number of hydrogen-bond acceptors (Lipinski definition) is 3. The Kier molecular flexibility index (Phi) is 5.98. The smallest absolute Gasteiger partial charge is 0.321 e. The molecule has 1 saturated carbocycles. The van der Waals surface area contributed by atoms with Crippen molar-refractivity contribution in [3.8, 4) is 0 Å². The van der Waals surface area contributed by atoms with Crippen LogP contribution in [0.2, 0.25) is 0 Å². The second-order valence-electron chi connectivity index (χ2n) is 5.94.